The smallest absolute Gasteiger partial charge is 0.0234 e. The second-order valence-corrected chi connectivity index (χ2v) is 7.30. The van der Waals surface area contributed by atoms with Gasteiger partial charge in [-0.1, -0.05) is 46.1 Å². The SMILES string of the molecule is CC(C)=C1CCC2=C(CC3=C2CCCC3)C1C1=CC=CC1. The Bertz CT molecular complexity index is 627. The van der Waals surface area contributed by atoms with E-state index in [4.69, 9.17) is 0 Å². The highest BCUT2D eigenvalue weighted by molar-refractivity contribution is 5.56. The number of allylic oxidation sites excluding steroid dienone is 10. The van der Waals surface area contributed by atoms with Gasteiger partial charge in [0, 0.05) is 5.92 Å². The van der Waals surface area contributed by atoms with Gasteiger partial charge in [0.25, 0.3) is 0 Å². The Hall–Kier alpha value is -1.30. The highest BCUT2D eigenvalue weighted by Crippen LogP contribution is 2.53. The number of hydrogen-bond donors (Lipinski definition) is 0. The Kier molecular flexibility index (Phi) is 3.28. The molecule has 0 radical (unpaired) electrons. The summed E-state index contributed by atoms with van der Waals surface area (Å²) in [6, 6.07) is 0. The fourth-order valence-corrected chi connectivity index (χ4v) is 4.92. The van der Waals surface area contributed by atoms with Crippen molar-refractivity contribution in [1.82, 2.24) is 0 Å². The molecule has 0 heterocycles. The van der Waals surface area contributed by atoms with E-state index < -0.39 is 0 Å². The Morgan fingerprint density at radius 1 is 1.00 bits per heavy atom. The molecule has 4 aliphatic carbocycles. The summed E-state index contributed by atoms with van der Waals surface area (Å²) < 4.78 is 0. The molecule has 0 amide bonds. The average Bonchev–Trinajstić information content (AvgIpc) is 3.13. The molecule has 0 saturated carbocycles. The van der Waals surface area contributed by atoms with Crippen LogP contribution in [0.25, 0.3) is 0 Å². The van der Waals surface area contributed by atoms with E-state index >= 15 is 0 Å². The third kappa shape index (κ3) is 2.11. The van der Waals surface area contributed by atoms with Crippen LogP contribution in [0.2, 0.25) is 0 Å². The molecule has 0 spiro atoms. The van der Waals surface area contributed by atoms with E-state index in [-0.39, 0.29) is 0 Å². The molecule has 4 rings (SSSR count). The Labute approximate surface area is 129 Å². The largest absolute Gasteiger partial charge is 0.0804 e. The van der Waals surface area contributed by atoms with Gasteiger partial charge in [0.2, 0.25) is 0 Å². The summed E-state index contributed by atoms with van der Waals surface area (Å²) in [5.41, 5.74) is 12.1. The van der Waals surface area contributed by atoms with Crippen LogP contribution in [-0.2, 0) is 0 Å². The molecular weight excluding hydrogens is 252 g/mol. The van der Waals surface area contributed by atoms with E-state index in [1.807, 2.05) is 0 Å². The van der Waals surface area contributed by atoms with Crippen LogP contribution in [0.5, 0.6) is 0 Å². The van der Waals surface area contributed by atoms with Crippen LogP contribution in [0.3, 0.4) is 0 Å². The lowest BCUT2D eigenvalue weighted by molar-refractivity contribution is 0.673. The van der Waals surface area contributed by atoms with Crippen LogP contribution >= 0.6 is 0 Å². The third-order valence-electron chi connectivity index (χ3n) is 5.89. The molecule has 110 valence electrons. The fourth-order valence-electron chi connectivity index (χ4n) is 4.92. The predicted molar refractivity (Wildman–Crippen MR) is 90.1 cm³/mol. The first kappa shape index (κ1) is 13.4. The Morgan fingerprint density at radius 2 is 1.86 bits per heavy atom. The molecule has 0 N–H and O–H groups in total. The van der Waals surface area contributed by atoms with Gasteiger partial charge in [0.1, 0.15) is 0 Å². The van der Waals surface area contributed by atoms with Crippen LogP contribution in [0.4, 0.5) is 0 Å². The van der Waals surface area contributed by atoms with Crippen molar-refractivity contribution in [3.63, 3.8) is 0 Å². The highest BCUT2D eigenvalue weighted by Gasteiger charge is 2.36. The molecule has 0 saturated heterocycles. The minimum absolute atomic E-state index is 0.638. The summed E-state index contributed by atoms with van der Waals surface area (Å²) >= 11 is 0. The van der Waals surface area contributed by atoms with Gasteiger partial charge in [-0.2, -0.15) is 0 Å². The summed E-state index contributed by atoms with van der Waals surface area (Å²) in [4.78, 5) is 0. The second-order valence-electron chi connectivity index (χ2n) is 7.30. The molecular formula is C21H26. The van der Waals surface area contributed by atoms with Gasteiger partial charge < -0.3 is 0 Å². The molecule has 0 bridgehead atoms. The van der Waals surface area contributed by atoms with Crippen LogP contribution in [0.15, 0.2) is 57.2 Å². The summed E-state index contributed by atoms with van der Waals surface area (Å²) in [5, 5.41) is 0. The number of rotatable bonds is 1. The molecule has 0 aliphatic heterocycles. The second kappa shape index (κ2) is 5.16. The number of hydrogen-bond acceptors (Lipinski definition) is 0. The van der Waals surface area contributed by atoms with Gasteiger partial charge in [-0.25, -0.2) is 0 Å². The van der Waals surface area contributed by atoms with E-state index in [2.05, 4.69) is 32.1 Å². The molecule has 4 aliphatic rings. The van der Waals surface area contributed by atoms with E-state index in [1.165, 1.54) is 51.4 Å². The third-order valence-corrected chi connectivity index (χ3v) is 5.89. The average molecular weight is 278 g/mol. The van der Waals surface area contributed by atoms with Crippen molar-refractivity contribution in [3.05, 3.63) is 57.2 Å². The fraction of sp³-hybridized carbons (Fsp3) is 0.524. The van der Waals surface area contributed by atoms with Gasteiger partial charge in [-0.05, 0) is 76.4 Å². The minimum atomic E-state index is 0.638. The maximum Gasteiger partial charge on any atom is 0.0234 e. The van der Waals surface area contributed by atoms with E-state index in [0.29, 0.717) is 5.92 Å². The normalized spacial score (nSPS) is 28.0. The zero-order valence-electron chi connectivity index (χ0n) is 13.5. The van der Waals surface area contributed by atoms with Gasteiger partial charge in [0.05, 0.1) is 0 Å². The van der Waals surface area contributed by atoms with Crippen molar-refractivity contribution in [1.29, 1.82) is 0 Å². The topological polar surface area (TPSA) is 0 Å². The van der Waals surface area contributed by atoms with Crippen molar-refractivity contribution >= 4 is 0 Å². The molecule has 1 unspecified atom stereocenters. The first-order chi connectivity index (χ1) is 10.3. The Balaban J connectivity index is 1.77. The Morgan fingerprint density at radius 3 is 2.62 bits per heavy atom. The van der Waals surface area contributed by atoms with Crippen molar-refractivity contribution in [3.8, 4) is 0 Å². The maximum absolute atomic E-state index is 2.39. The lowest BCUT2D eigenvalue weighted by Crippen LogP contribution is -2.17. The lowest BCUT2D eigenvalue weighted by Gasteiger charge is -2.32. The molecule has 1 atom stereocenters. The number of fused-ring (bicyclic) bond motifs is 1. The molecule has 0 nitrogen and oxygen atoms in total. The summed E-state index contributed by atoms with van der Waals surface area (Å²) in [7, 11) is 0. The summed E-state index contributed by atoms with van der Waals surface area (Å²) in [6.45, 7) is 4.64. The van der Waals surface area contributed by atoms with E-state index in [9.17, 15) is 0 Å². The van der Waals surface area contributed by atoms with E-state index in [0.717, 1.165) is 0 Å². The van der Waals surface area contributed by atoms with Crippen molar-refractivity contribution < 1.29 is 0 Å². The molecule has 0 aromatic rings. The highest BCUT2D eigenvalue weighted by atomic mass is 14.4. The predicted octanol–water partition coefficient (Wildman–Crippen LogP) is 6.19. The monoisotopic (exact) mass is 278 g/mol. The first-order valence-corrected chi connectivity index (χ1v) is 8.70. The van der Waals surface area contributed by atoms with Crippen molar-refractivity contribution in [2.45, 2.75) is 65.2 Å². The molecule has 0 aromatic heterocycles. The standard InChI is InChI=1S/C21H26/c1-14(2)17-11-12-19-18-10-6-5-9-16(18)13-20(19)21(17)15-7-3-4-8-15/h3-4,7,21H,5-6,8-13H2,1-2H3. The lowest BCUT2D eigenvalue weighted by atomic mass is 9.73. The van der Waals surface area contributed by atoms with E-state index in [1.54, 1.807) is 39.0 Å². The quantitative estimate of drug-likeness (QED) is 0.502. The molecule has 0 aromatic carbocycles. The summed E-state index contributed by atoms with van der Waals surface area (Å²) in [6.07, 6.45) is 17.6. The van der Waals surface area contributed by atoms with Crippen LogP contribution in [-0.4, -0.2) is 0 Å². The van der Waals surface area contributed by atoms with Crippen LogP contribution < -0.4 is 0 Å². The van der Waals surface area contributed by atoms with Crippen LogP contribution in [0, 0.1) is 5.92 Å². The molecule has 0 fully saturated rings. The van der Waals surface area contributed by atoms with Crippen LogP contribution in [0.1, 0.15) is 65.2 Å². The minimum Gasteiger partial charge on any atom is -0.0804 e. The van der Waals surface area contributed by atoms with Gasteiger partial charge >= 0.3 is 0 Å². The molecule has 0 heteroatoms. The summed E-state index contributed by atoms with van der Waals surface area (Å²) in [5.74, 6) is 0.638. The molecule has 21 heavy (non-hydrogen) atoms. The van der Waals surface area contributed by atoms with Gasteiger partial charge in [-0.3, -0.25) is 0 Å². The van der Waals surface area contributed by atoms with Crippen molar-refractivity contribution in [2.24, 2.45) is 5.92 Å². The first-order valence-electron chi connectivity index (χ1n) is 8.70. The van der Waals surface area contributed by atoms with Crippen molar-refractivity contribution in [2.75, 3.05) is 0 Å². The maximum atomic E-state index is 2.39. The zero-order chi connectivity index (χ0) is 14.4. The zero-order valence-corrected chi connectivity index (χ0v) is 13.5. The van der Waals surface area contributed by atoms with Gasteiger partial charge in [-0.15, -0.1) is 0 Å². The van der Waals surface area contributed by atoms with Gasteiger partial charge in [0.15, 0.2) is 0 Å².